The number of nitriles is 1. The number of hydrogen-bond acceptors (Lipinski definition) is 3. The van der Waals surface area contributed by atoms with Crippen LogP contribution in [0, 0.1) is 16.7 Å². The van der Waals surface area contributed by atoms with Gasteiger partial charge in [-0.1, -0.05) is 27.2 Å². The van der Waals surface area contributed by atoms with Crippen molar-refractivity contribution in [2.24, 2.45) is 5.41 Å². The maximum atomic E-state index is 11.9. The van der Waals surface area contributed by atoms with E-state index < -0.39 is 5.41 Å². The minimum Gasteiger partial charge on any atom is -0.381 e. The van der Waals surface area contributed by atoms with Crippen LogP contribution in [0.2, 0.25) is 0 Å². The maximum absolute atomic E-state index is 11.9. The molecule has 0 aliphatic heterocycles. The van der Waals surface area contributed by atoms with Crippen LogP contribution in [-0.2, 0) is 9.53 Å². The van der Waals surface area contributed by atoms with E-state index >= 15 is 0 Å². The summed E-state index contributed by atoms with van der Waals surface area (Å²) in [7, 11) is 0. The van der Waals surface area contributed by atoms with Gasteiger partial charge in [-0.25, -0.2) is 0 Å². The lowest BCUT2D eigenvalue weighted by atomic mass is 9.83. The lowest BCUT2D eigenvalue weighted by Crippen LogP contribution is -2.40. The Hall–Kier alpha value is -1.08. The fraction of sp³-hybridized carbons (Fsp3) is 0.857. The summed E-state index contributed by atoms with van der Waals surface area (Å²) in [6.07, 6.45) is 4.12. The van der Waals surface area contributed by atoms with Crippen LogP contribution < -0.4 is 5.32 Å². The van der Waals surface area contributed by atoms with Crippen LogP contribution >= 0.6 is 0 Å². The monoisotopic (exact) mass is 254 g/mol. The lowest BCUT2D eigenvalue weighted by Gasteiger charge is -2.22. The van der Waals surface area contributed by atoms with Crippen molar-refractivity contribution in [2.75, 3.05) is 19.8 Å². The van der Waals surface area contributed by atoms with E-state index in [0.717, 1.165) is 25.9 Å². The number of nitrogens with zero attached hydrogens (tertiary/aromatic N) is 1. The largest absolute Gasteiger partial charge is 0.381 e. The van der Waals surface area contributed by atoms with Crippen molar-refractivity contribution in [3.05, 3.63) is 0 Å². The molecule has 0 aromatic heterocycles. The molecule has 0 aliphatic rings. The van der Waals surface area contributed by atoms with Crippen molar-refractivity contribution in [3.63, 3.8) is 0 Å². The highest BCUT2D eigenvalue weighted by atomic mass is 16.5. The van der Waals surface area contributed by atoms with Crippen LogP contribution in [0.25, 0.3) is 0 Å². The molecular weight excluding hydrogens is 228 g/mol. The molecule has 0 radical (unpaired) electrons. The van der Waals surface area contributed by atoms with E-state index in [1.54, 1.807) is 0 Å². The van der Waals surface area contributed by atoms with Crippen LogP contribution in [0.15, 0.2) is 0 Å². The number of carbonyl (C=O) groups is 1. The number of ether oxygens (including phenoxy) is 1. The second kappa shape index (κ2) is 9.90. The number of carbonyl (C=O) groups excluding carboxylic acids is 1. The fourth-order valence-electron chi connectivity index (χ4n) is 1.67. The molecule has 0 rings (SSSR count). The highest BCUT2D eigenvalue weighted by Crippen LogP contribution is 2.25. The third-order valence-corrected chi connectivity index (χ3v) is 3.25. The maximum Gasteiger partial charge on any atom is 0.240 e. The molecular formula is C14H26N2O2. The quantitative estimate of drug-likeness (QED) is 0.610. The van der Waals surface area contributed by atoms with Gasteiger partial charge in [-0.05, 0) is 25.7 Å². The van der Waals surface area contributed by atoms with Crippen molar-refractivity contribution >= 4 is 5.91 Å². The fourth-order valence-corrected chi connectivity index (χ4v) is 1.67. The van der Waals surface area contributed by atoms with Gasteiger partial charge in [-0.2, -0.15) is 5.26 Å². The first kappa shape index (κ1) is 16.9. The summed E-state index contributed by atoms with van der Waals surface area (Å²) in [5.74, 6) is -0.149. The molecule has 0 unspecified atom stereocenters. The van der Waals surface area contributed by atoms with Crippen molar-refractivity contribution in [1.29, 1.82) is 5.26 Å². The molecule has 0 spiro atoms. The second-order valence-electron chi connectivity index (χ2n) is 4.48. The van der Waals surface area contributed by atoms with Gasteiger partial charge >= 0.3 is 0 Å². The Morgan fingerprint density at radius 1 is 1.22 bits per heavy atom. The molecule has 1 N–H and O–H groups in total. The van der Waals surface area contributed by atoms with E-state index in [9.17, 15) is 4.79 Å². The average Bonchev–Trinajstić information content (AvgIpc) is 2.40. The van der Waals surface area contributed by atoms with E-state index in [1.807, 2.05) is 13.8 Å². The number of unbranched alkanes of at least 4 members (excludes halogenated alkanes) is 1. The highest BCUT2D eigenvalue weighted by molar-refractivity contribution is 5.85. The van der Waals surface area contributed by atoms with E-state index in [0.29, 0.717) is 26.0 Å². The average molecular weight is 254 g/mol. The smallest absolute Gasteiger partial charge is 0.240 e. The van der Waals surface area contributed by atoms with E-state index in [-0.39, 0.29) is 5.91 Å². The zero-order chi connectivity index (χ0) is 13.9. The SMILES string of the molecule is CCCCOCCCNC(=O)C(C#N)(CC)CC. The van der Waals surface area contributed by atoms with Crippen molar-refractivity contribution in [1.82, 2.24) is 5.32 Å². The van der Waals surface area contributed by atoms with Gasteiger partial charge in [0.05, 0.1) is 6.07 Å². The molecule has 0 fully saturated rings. The predicted octanol–water partition coefficient (Wildman–Crippen LogP) is 2.64. The molecule has 0 aromatic rings. The molecule has 4 nitrogen and oxygen atoms in total. The summed E-state index contributed by atoms with van der Waals surface area (Å²) in [6, 6.07) is 2.14. The van der Waals surface area contributed by atoms with Crippen LogP contribution in [-0.4, -0.2) is 25.7 Å². The molecule has 0 heterocycles. The third-order valence-electron chi connectivity index (χ3n) is 3.25. The minimum absolute atomic E-state index is 0.149. The Morgan fingerprint density at radius 3 is 2.33 bits per heavy atom. The number of amides is 1. The van der Waals surface area contributed by atoms with E-state index in [1.165, 1.54) is 0 Å². The zero-order valence-electron chi connectivity index (χ0n) is 11.9. The van der Waals surface area contributed by atoms with Crippen LogP contribution in [0.3, 0.4) is 0 Å². The van der Waals surface area contributed by atoms with E-state index in [4.69, 9.17) is 10.00 Å². The zero-order valence-corrected chi connectivity index (χ0v) is 11.9. The topological polar surface area (TPSA) is 62.1 Å². The van der Waals surface area contributed by atoms with Gasteiger partial charge in [0.25, 0.3) is 0 Å². The molecule has 0 atom stereocenters. The van der Waals surface area contributed by atoms with Crippen LogP contribution in [0.1, 0.15) is 52.9 Å². The van der Waals surface area contributed by atoms with Crippen molar-refractivity contribution < 1.29 is 9.53 Å². The first-order chi connectivity index (χ1) is 8.66. The molecule has 0 saturated heterocycles. The summed E-state index contributed by atoms with van der Waals surface area (Å²) >= 11 is 0. The van der Waals surface area contributed by atoms with Gasteiger partial charge in [0.1, 0.15) is 5.41 Å². The lowest BCUT2D eigenvalue weighted by molar-refractivity contribution is -0.128. The highest BCUT2D eigenvalue weighted by Gasteiger charge is 2.34. The van der Waals surface area contributed by atoms with Gasteiger partial charge in [0.2, 0.25) is 5.91 Å². The van der Waals surface area contributed by atoms with Gasteiger partial charge in [-0.3, -0.25) is 4.79 Å². The number of hydrogen-bond donors (Lipinski definition) is 1. The summed E-state index contributed by atoms with van der Waals surface area (Å²) in [6.45, 7) is 7.91. The summed E-state index contributed by atoms with van der Waals surface area (Å²) in [5, 5.41) is 11.9. The molecule has 0 aromatic carbocycles. The van der Waals surface area contributed by atoms with Gasteiger partial charge < -0.3 is 10.1 Å². The molecule has 0 bridgehead atoms. The minimum atomic E-state index is -0.858. The van der Waals surface area contributed by atoms with Gasteiger partial charge in [-0.15, -0.1) is 0 Å². The second-order valence-corrected chi connectivity index (χ2v) is 4.48. The van der Waals surface area contributed by atoms with Crippen molar-refractivity contribution in [3.8, 4) is 6.07 Å². The first-order valence-corrected chi connectivity index (χ1v) is 6.94. The Balaban J connectivity index is 3.80. The van der Waals surface area contributed by atoms with E-state index in [2.05, 4.69) is 18.3 Å². The molecule has 104 valence electrons. The van der Waals surface area contributed by atoms with Crippen molar-refractivity contribution in [2.45, 2.75) is 52.9 Å². The molecule has 1 amide bonds. The Bertz CT molecular complexity index is 267. The predicted molar refractivity (Wildman–Crippen MR) is 72.0 cm³/mol. The molecule has 18 heavy (non-hydrogen) atoms. The van der Waals surface area contributed by atoms with Gasteiger partial charge in [0.15, 0.2) is 0 Å². The number of nitrogens with one attached hydrogen (secondary N) is 1. The number of rotatable bonds is 10. The van der Waals surface area contributed by atoms with Gasteiger partial charge in [0, 0.05) is 19.8 Å². The Kier molecular flexibility index (Phi) is 9.31. The normalized spacial score (nSPS) is 11.0. The molecule has 4 heteroatoms. The molecule has 0 aliphatic carbocycles. The Labute approximate surface area is 111 Å². The standard InChI is InChI=1S/C14H26N2O2/c1-4-7-10-18-11-8-9-16-13(17)14(5-2,6-3)12-15/h4-11H2,1-3H3,(H,16,17). The first-order valence-electron chi connectivity index (χ1n) is 6.94. The van der Waals surface area contributed by atoms with Crippen LogP contribution in [0.5, 0.6) is 0 Å². The van der Waals surface area contributed by atoms with Crippen LogP contribution in [0.4, 0.5) is 0 Å². The summed E-state index contributed by atoms with van der Waals surface area (Å²) < 4.78 is 5.40. The summed E-state index contributed by atoms with van der Waals surface area (Å²) in [5.41, 5.74) is -0.858. The summed E-state index contributed by atoms with van der Waals surface area (Å²) in [4.78, 5) is 11.9. The third kappa shape index (κ3) is 5.50. The Morgan fingerprint density at radius 2 is 1.83 bits per heavy atom. The molecule has 0 saturated carbocycles.